The first-order chi connectivity index (χ1) is 15.4. The first-order valence-corrected chi connectivity index (χ1v) is 10.2. The number of fused-ring (bicyclic) bond motifs is 2. The number of methoxy groups -OCH3 is 2. The zero-order chi connectivity index (χ0) is 23.1. The summed E-state index contributed by atoms with van der Waals surface area (Å²) >= 11 is 0. The van der Waals surface area contributed by atoms with E-state index in [1.807, 2.05) is 0 Å². The summed E-state index contributed by atoms with van der Waals surface area (Å²) in [6.07, 6.45) is 4.02. The maximum Gasteiger partial charge on any atom is 0.294 e. The largest absolute Gasteiger partial charge is 0.507 e. The van der Waals surface area contributed by atoms with Gasteiger partial charge in [0, 0.05) is 18.2 Å². The highest BCUT2D eigenvalue weighted by Crippen LogP contribution is 2.35. The van der Waals surface area contributed by atoms with Crippen LogP contribution in [0.1, 0.15) is 32.1 Å². The van der Waals surface area contributed by atoms with Crippen LogP contribution in [0.15, 0.2) is 33.5 Å². The molecule has 10 heteroatoms. The van der Waals surface area contributed by atoms with E-state index >= 15 is 0 Å². The van der Waals surface area contributed by atoms with Crippen molar-refractivity contribution >= 4 is 21.9 Å². The lowest BCUT2D eigenvalue weighted by molar-refractivity contribution is -0.757. The van der Waals surface area contributed by atoms with Gasteiger partial charge in [-0.25, -0.2) is 0 Å². The minimum absolute atomic E-state index is 0.0639. The molecule has 1 heterocycles. The molecular formula is C22H25NO9. The Balaban J connectivity index is 1.67. The molecule has 32 heavy (non-hydrogen) atoms. The number of aromatic hydroxyl groups is 1. The summed E-state index contributed by atoms with van der Waals surface area (Å²) in [6.45, 7) is 0.525. The third-order valence-electron chi connectivity index (χ3n) is 4.99. The standard InChI is InChI=1S/C22H25NO9/c1-28-18-12-15-17(13-19(18)29-2)32-20-11-14(10-16(24)21(20)22(15)25)30-8-6-4-3-5-7-9-31-23(26)27/h10-13,24H,3-9H2,1-2H3. The molecule has 0 saturated heterocycles. The molecule has 0 aliphatic carbocycles. The number of nitrogens with zero attached hydrogens (tertiary/aromatic N) is 1. The van der Waals surface area contributed by atoms with Crippen molar-refractivity contribution in [2.24, 2.45) is 0 Å². The van der Waals surface area contributed by atoms with E-state index in [2.05, 4.69) is 4.84 Å². The summed E-state index contributed by atoms with van der Waals surface area (Å²) in [6, 6.07) is 6.05. The Bertz CT molecular complexity index is 1160. The molecule has 0 amide bonds. The zero-order valence-electron chi connectivity index (χ0n) is 17.9. The van der Waals surface area contributed by atoms with E-state index in [4.69, 9.17) is 18.6 Å². The minimum Gasteiger partial charge on any atom is -0.507 e. The highest BCUT2D eigenvalue weighted by atomic mass is 16.9. The lowest BCUT2D eigenvalue weighted by Gasteiger charge is -2.11. The van der Waals surface area contributed by atoms with Crippen LogP contribution in [0.2, 0.25) is 0 Å². The Kier molecular flexibility index (Phi) is 7.58. The normalized spacial score (nSPS) is 10.9. The molecule has 1 aromatic heterocycles. The molecule has 1 N–H and O–H groups in total. The lowest BCUT2D eigenvalue weighted by Crippen LogP contribution is -2.04. The SMILES string of the molecule is COc1cc2oc3cc(OCCCCCCCO[N+](=O)[O-])cc(O)c3c(=O)c2cc1OC. The first kappa shape index (κ1) is 23.0. The molecule has 2 aromatic carbocycles. The van der Waals surface area contributed by atoms with E-state index in [0.717, 1.165) is 25.7 Å². The highest BCUT2D eigenvalue weighted by Gasteiger charge is 2.16. The van der Waals surface area contributed by atoms with Crippen LogP contribution in [0, 0.1) is 10.1 Å². The van der Waals surface area contributed by atoms with Crippen molar-refractivity contribution in [2.75, 3.05) is 27.4 Å². The quantitative estimate of drug-likeness (QED) is 0.188. The Morgan fingerprint density at radius 3 is 2.28 bits per heavy atom. The van der Waals surface area contributed by atoms with Crippen molar-refractivity contribution < 1.29 is 33.7 Å². The van der Waals surface area contributed by atoms with E-state index in [0.29, 0.717) is 35.9 Å². The van der Waals surface area contributed by atoms with Gasteiger partial charge in [0.15, 0.2) is 11.5 Å². The summed E-state index contributed by atoms with van der Waals surface area (Å²) in [4.78, 5) is 27.3. The predicted octanol–water partition coefficient (Wildman–Crippen LogP) is 4.21. The number of benzene rings is 2. The maximum atomic E-state index is 12.9. The van der Waals surface area contributed by atoms with Gasteiger partial charge in [-0.05, 0) is 18.9 Å². The highest BCUT2D eigenvalue weighted by molar-refractivity contribution is 5.95. The van der Waals surface area contributed by atoms with Crippen molar-refractivity contribution in [2.45, 2.75) is 32.1 Å². The van der Waals surface area contributed by atoms with Crippen LogP contribution >= 0.6 is 0 Å². The van der Waals surface area contributed by atoms with Crippen molar-refractivity contribution in [1.29, 1.82) is 0 Å². The monoisotopic (exact) mass is 447 g/mol. The number of rotatable bonds is 12. The Morgan fingerprint density at radius 2 is 1.59 bits per heavy atom. The van der Waals surface area contributed by atoms with Crippen molar-refractivity contribution in [3.63, 3.8) is 0 Å². The Labute approximate surface area is 183 Å². The second-order valence-corrected chi connectivity index (χ2v) is 7.12. The predicted molar refractivity (Wildman–Crippen MR) is 116 cm³/mol. The van der Waals surface area contributed by atoms with E-state index in [1.54, 1.807) is 12.1 Å². The number of hydrogen-bond acceptors (Lipinski definition) is 9. The fraction of sp³-hybridized carbons (Fsp3) is 0.409. The van der Waals surface area contributed by atoms with E-state index in [9.17, 15) is 20.0 Å². The molecule has 0 atom stereocenters. The topological polar surface area (TPSA) is 130 Å². The molecule has 3 rings (SSSR count). The van der Waals surface area contributed by atoms with Gasteiger partial charge in [0.1, 0.15) is 28.1 Å². The van der Waals surface area contributed by atoms with Gasteiger partial charge in [0.05, 0.1) is 32.8 Å². The second kappa shape index (κ2) is 10.6. The summed E-state index contributed by atoms with van der Waals surface area (Å²) in [5.41, 5.74) is 0.126. The number of hydrogen-bond donors (Lipinski definition) is 1. The third-order valence-corrected chi connectivity index (χ3v) is 4.99. The average molecular weight is 447 g/mol. The third kappa shape index (κ3) is 5.32. The van der Waals surface area contributed by atoms with Crippen molar-refractivity contribution in [3.8, 4) is 23.0 Å². The molecule has 3 aromatic rings. The molecule has 0 aliphatic rings. The van der Waals surface area contributed by atoms with Crippen LogP contribution in [0.5, 0.6) is 23.0 Å². The maximum absolute atomic E-state index is 12.9. The summed E-state index contributed by atoms with van der Waals surface area (Å²) in [7, 11) is 2.96. The number of ether oxygens (including phenoxy) is 3. The van der Waals surface area contributed by atoms with Crippen LogP contribution < -0.4 is 19.6 Å². The van der Waals surface area contributed by atoms with E-state index in [-0.39, 0.29) is 34.1 Å². The molecule has 0 spiro atoms. The summed E-state index contributed by atoms with van der Waals surface area (Å²) < 4.78 is 22.1. The molecule has 0 radical (unpaired) electrons. The van der Waals surface area contributed by atoms with Crippen LogP contribution in [-0.2, 0) is 4.84 Å². The summed E-state index contributed by atoms with van der Waals surface area (Å²) in [5, 5.41) is 20.0. The van der Waals surface area contributed by atoms with Crippen LogP contribution in [0.3, 0.4) is 0 Å². The first-order valence-electron chi connectivity index (χ1n) is 10.2. The molecule has 172 valence electrons. The van der Waals surface area contributed by atoms with Gasteiger partial charge in [-0.3, -0.25) is 4.79 Å². The molecule has 0 unspecified atom stereocenters. The number of unbranched alkanes of at least 4 members (excludes halogenated alkanes) is 4. The average Bonchev–Trinajstić information content (AvgIpc) is 2.76. The molecular weight excluding hydrogens is 422 g/mol. The van der Waals surface area contributed by atoms with Gasteiger partial charge in [-0.1, -0.05) is 19.3 Å². The zero-order valence-corrected chi connectivity index (χ0v) is 17.9. The number of phenols is 1. The van der Waals surface area contributed by atoms with Gasteiger partial charge < -0.3 is 28.6 Å². The molecule has 0 fully saturated rings. The molecule has 10 nitrogen and oxygen atoms in total. The van der Waals surface area contributed by atoms with Gasteiger partial charge in [0.2, 0.25) is 5.43 Å². The molecule has 0 saturated carbocycles. The lowest BCUT2D eigenvalue weighted by atomic mass is 10.1. The minimum atomic E-state index is -0.787. The smallest absolute Gasteiger partial charge is 0.294 e. The van der Waals surface area contributed by atoms with Crippen LogP contribution in [0.25, 0.3) is 21.9 Å². The van der Waals surface area contributed by atoms with Crippen molar-refractivity contribution in [3.05, 3.63) is 44.6 Å². The van der Waals surface area contributed by atoms with Gasteiger partial charge in [-0.15, -0.1) is 10.1 Å². The Hall–Kier alpha value is -3.69. The van der Waals surface area contributed by atoms with Crippen molar-refractivity contribution in [1.82, 2.24) is 0 Å². The summed E-state index contributed by atoms with van der Waals surface area (Å²) in [5.74, 6) is 0.964. The molecule has 0 bridgehead atoms. The van der Waals surface area contributed by atoms with Gasteiger partial charge >= 0.3 is 0 Å². The van der Waals surface area contributed by atoms with Gasteiger partial charge in [0.25, 0.3) is 5.09 Å². The fourth-order valence-corrected chi connectivity index (χ4v) is 3.41. The van der Waals surface area contributed by atoms with E-state index < -0.39 is 5.09 Å². The van der Waals surface area contributed by atoms with Crippen LogP contribution in [-0.4, -0.2) is 37.6 Å². The van der Waals surface area contributed by atoms with Gasteiger partial charge in [-0.2, -0.15) is 0 Å². The van der Waals surface area contributed by atoms with E-state index in [1.165, 1.54) is 26.4 Å². The fourth-order valence-electron chi connectivity index (χ4n) is 3.41. The molecule has 0 aliphatic heterocycles. The number of phenolic OH excluding ortho intramolecular Hbond substituents is 1. The second-order valence-electron chi connectivity index (χ2n) is 7.12. The van der Waals surface area contributed by atoms with Crippen LogP contribution in [0.4, 0.5) is 0 Å². The Morgan fingerprint density at radius 1 is 0.938 bits per heavy atom.